The molecule has 0 aliphatic carbocycles. The van der Waals surface area contributed by atoms with E-state index in [4.69, 9.17) is 0 Å². The molecule has 5 rings (SSSR count). The van der Waals surface area contributed by atoms with E-state index in [2.05, 4.69) is 20.5 Å². The summed E-state index contributed by atoms with van der Waals surface area (Å²) >= 11 is 0. The highest BCUT2D eigenvalue weighted by Crippen LogP contribution is 2.34. The van der Waals surface area contributed by atoms with Crippen LogP contribution in [-0.2, 0) is 13.0 Å². The van der Waals surface area contributed by atoms with Gasteiger partial charge in [-0.15, -0.1) is 12.4 Å². The molecular weight excluding hydrogens is 381 g/mol. The zero-order valence-corrected chi connectivity index (χ0v) is 16.2. The number of fused-ring (bicyclic) bond motifs is 2. The monoisotopic (exact) mass is 403 g/mol. The number of hydrogen-bond donors (Lipinski definition) is 3. The van der Waals surface area contributed by atoms with Crippen molar-refractivity contribution in [1.82, 2.24) is 25.4 Å². The molecule has 28 heavy (non-hydrogen) atoms. The van der Waals surface area contributed by atoms with Crippen LogP contribution in [-0.4, -0.2) is 45.6 Å². The quantitative estimate of drug-likeness (QED) is 0.615. The van der Waals surface area contributed by atoms with E-state index in [1.165, 1.54) is 17.7 Å². The molecule has 6 nitrogen and oxygen atoms in total. The number of nitrogens with zero attached hydrogens (tertiary/aromatic N) is 2. The molecule has 0 saturated carbocycles. The number of hydrogen-bond acceptors (Lipinski definition) is 3. The second kappa shape index (κ2) is 7.56. The molecule has 1 aromatic carbocycles. The Morgan fingerprint density at radius 3 is 2.89 bits per heavy atom. The van der Waals surface area contributed by atoms with Crippen LogP contribution in [0.3, 0.4) is 0 Å². The number of aromatic amines is 2. The Bertz CT molecular complexity index is 1010. The van der Waals surface area contributed by atoms with Gasteiger partial charge in [0.25, 0.3) is 5.91 Å². The minimum absolute atomic E-state index is 0. The molecule has 0 spiro atoms. The topological polar surface area (TPSA) is 76.8 Å². The summed E-state index contributed by atoms with van der Waals surface area (Å²) in [6.07, 6.45) is 4.68. The second-order valence-electron chi connectivity index (χ2n) is 7.46. The van der Waals surface area contributed by atoms with Gasteiger partial charge >= 0.3 is 0 Å². The van der Waals surface area contributed by atoms with Crippen LogP contribution in [0.15, 0.2) is 24.4 Å². The molecule has 1 amide bonds. The van der Waals surface area contributed by atoms with Gasteiger partial charge in [-0.25, -0.2) is 4.39 Å². The molecule has 0 unspecified atom stereocenters. The van der Waals surface area contributed by atoms with Gasteiger partial charge in [-0.3, -0.25) is 9.89 Å². The van der Waals surface area contributed by atoms with E-state index >= 15 is 0 Å². The number of amides is 1. The maximum atomic E-state index is 13.4. The number of rotatable bonds is 2. The van der Waals surface area contributed by atoms with Gasteiger partial charge in [0.05, 0.1) is 0 Å². The number of aromatic nitrogens is 3. The van der Waals surface area contributed by atoms with Crippen LogP contribution in [0.2, 0.25) is 0 Å². The predicted octanol–water partition coefficient (Wildman–Crippen LogP) is 3.12. The van der Waals surface area contributed by atoms with Gasteiger partial charge < -0.3 is 15.2 Å². The predicted molar refractivity (Wildman–Crippen MR) is 107 cm³/mol. The fraction of sp³-hybridized carbons (Fsp3) is 0.400. The largest absolute Gasteiger partial charge is 0.361 e. The first-order valence-electron chi connectivity index (χ1n) is 9.53. The number of halogens is 2. The molecule has 1 saturated heterocycles. The first-order valence-corrected chi connectivity index (χ1v) is 9.53. The van der Waals surface area contributed by atoms with Gasteiger partial charge in [0, 0.05) is 61.0 Å². The number of piperidine rings is 1. The van der Waals surface area contributed by atoms with E-state index in [0.717, 1.165) is 48.0 Å². The molecule has 3 N–H and O–H groups in total. The van der Waals surface area contributed by atoms with Crippen LogP contribution in [0, 0.1) is 5.82 Å². The lowest BCUT2D eigenvalue weighted by Gasteiger charge is -2.32. The Morgan fingerprint density at radius 1 is 1.25 bits per heavy atom. The smallest absolute Gasteiger partial charge is 0.274 e. The van der Waals surface area contributed by atoms with Gasteiger partial charge in [-0.1, -0.05) is 0 Å². The third kappa shape index (κ3) is 3.18. The Hall–Kier alpha value is -2.38. The van der Waals surface area contributed by atoms with Gasteiger partial charge in [0.1, 0.15) is 5.82 Å². The summed E-state index contributed by atoms with van der Waals surface area (Å²) in [5.74, 6) is 0.173. The van der Waals surface area contributed by atoms with Crippen molar-refractivity contribution in [2.75, 3.05) is 19.6 Å². The average molecular weight is 404 g/mol. The number of carbonyl (C=O) groups is 1. The molecule has 2 aliphatic heterocycles. The van der Waals surface area contributed by atoms with E-state index in [-0.39, 0.29) is 24.1 Å². The van der Waals surface area contributed by atoms with Crippen molar-refractivity contribution in [3.05, 3.63) is 52.7 Å². The summed E-state index contributed by atoms with van der Waals surface area (Å²) in [6, 6.07) is 4.89. The fourth-order valence-corrected chi connectivity index (χ4v) is 4.40. The molecular formula is C20H23ClFN5O. The van der Waals surface area contributed by atoms with Crippen molar-refractivity contribution in [1.29, 1.82) is 0 Å². The van der Waals surface area contributed by atoms with Crippen molar-refractivity contribution >= 4 is 29.2 Å². The van der Waals surface area contributed by atoms with Crippen molar-refractivity contribution < 1.29 is 9.18 Å². The zero-order chi connectivity index (χ0) is 18.4. The average Bonchev–Trinajstić information content (AvgIpc) is 3.31. The summed E-state index contributed by atoms with van der Waals surface area (Å²) in [4.78, 5) is 18.0. The highest BCUT2D eigenvalue weighted by Gasteiger charge is 2.29. The number of likely N-dealkylation sites (tertiary alicyclic amines) is 1. The Labute approximate surface area is 168 Å². The summed E-state index contributed by atoms with van der Waals surface area (Å²) in [6.45, 7) is 3.05. The first kappa shape index (κ1) is 19.0. The molecule has 0 atom stereocenters. The standard InChI is InChI=1S/C20H22FN5O.ClH/c21-13-1-2-14-15(11-23-18(14)9-13)12-4-7-26(8-5-12)20(27)19-16-10-22-6-3-17(16)24-25-19;/h1-2,9,11-12,22-23H,3-8,10H2,(H,24,25);1H. The lowest BCUT2D eigenvalue weighted by Crippen LogP contribution is -2.39. The molecule has 0 radical (unpaired) electrons. The van der Waals surface area contributed by atoms with Crippen LogP contribution < -0.4 is 5.32 Å². The lowest BCUT2D eigenvalue weighted by molar-refractivity contribution is 0.0706. The summed E-state index contributed by atoms with van der Waals surface area (Å²) in [5, 5.41) is 11.7. The molecule has 8 heteroatoms. The molecule has 2 aliphatic rings. The maximum absolute atomic E-state index is 13.4. The summed E-state index contributed by atoms with van der Waals surface area (Å²) < 4.78 is 13.4. The van der Waals surface area contributed by atoms with Crippen LogP contribution in [0.5, 0.6) is 0 Å². The normalized spacial score (nSPS) is 17.4. The third-order valence-electron chi connectivity index (χ3n) is 5.91. The van der Waals surface area contributed by atoms with Crippen molar-refractivity contribution in [2.24, 2.45) is 0 Å². The number of H-pyrrole nitrogens is 2. The number of benzene rings is 1. The lowest BCUT2D eigenvalue weighted by atomic mass is 9.89. The Morgan fingerprint density at radius 2 is 2.07 bits per heavy atom. The molecule has 148 valence electrons. The molecule has 2 aromatic heterocycles. The van der Waals surface area contributed by atoms with Crippen LogP contribution in [0.4, 0.5) is 4.39 Å². The van der Waals surface area contributed by atoms with E-state index in [0.29, 0.717) is 31.2 Å². The minimum Gasteiger partial charge on any atom is -0.361 e. The number of nitrogens with one attached hydrogen (secondary N) is 3. The molecule has 4 heterocycles. The Kier molecular flexibility index (Phi) is 5.12. The van der Waals surface area contributed by atoms with Crippen LogP contribution in [0.25, 0.3) is 10.9 Å². The highest BCUT2D eigenvalue weighted by molar-refractivity contribution is 5.94. The first-order chi connectivity index (χ1) is 13.2. The highest BCUT2D eigenvalue weighted by atomic mass is 35.5. The van der Waals surface area contributed by atoms with Gasteiger partial charge in [0.2, 0.25) is 0 Å². The van der Waals surface area contributed by atoms with Crippen molar-refractivity contribution in [3.63, 3.8) is 0 Å². The Balaban J connectivity index is 0.00000192. The van der Waals surface area contributed by atoms with Crippen molar-refractivity contribution in [3.8, 4) is 0 Å². The fourth-order valence-electron chi connectivity index (χ4n) is 4.40. The summed E-state index contributed by atoms with van der Waals surface area (Å²) in [5.41, 5.74) is 4.72. The maximum Gasteiger partial charge on any atom is 0.274 e. The second-order valence-corrected chi connectivity index (χ2v) is 7.46. The SMILES string of the molecule is Cl.O=C(c1n[nH]c2c1CNCC2)N1CCC(c2c[nH]c3cc(F)ccc23)CC1. The minimum atomic E-state index is -0.229. The van der Waals surface area contributed by atoms with Gasteiger partial charge in [-0.2, -0.15) is 5.10 Å². The molecule has 3 aromatic rings. The van der Waals surface area contributed by atoms with Crippen LogP contribution in [0.1, 0.15) is 46.1 Å². The van der Waals surface area contributed by atoms with Crippen molar-refractivity contribution in [2.45, 2.75) is 31.7 Å². The van der Waals surface area contributed by atoms with Gasteiger partial charge in [-0.05, 0) is 42.5 Å². The zero-order valence-electron chi connectivity index (χ0n) is 15.4. The van der Waals surface area contributed by atoms with E-state index in [1.54, 1.807) is 0 Å². The van der Waals surface area contributed by atoms with E-state index < -0.39 is 0 Å². The van der Waals surface area contributed by atoms with E-state index in [9.17, 15) is 9.18 Å². The van der Waals surface area contributed by atoms with E-state index in [1.807, 2.05) is 17.2 Å². The number of carbonyl (C=O) groups excluding carboxylic acids is 1. The molecule has 1 fully saturated rings. The summed E-state index contributed by atoms with van der Waals surface area (Å²) in [7, 11) is 0. The van der Waals surface area contributed by atoms with Gasteiger partial charge in [0.15, 0.2) is 5.69 Å². The van der Waals surface area contributed by atoms with Crippen LogP contribution >= 0.6 is 12.4 Å². The molecule has 0 bridgehead atoms. The third-order valence-corrected chi connectivity index (χ3v) is 5.91.